The summed E-state index contributed by atoms with van der Waals surface area (Å²) in [5.41, 5.74) is 0. The van der Waals surface area contributed by atoms with Crippen LogP contribution in [-0.2, 0) is 0 Å². The summed E-state index contributed by atoms with van der Waals surface area (Å²) in [4.78, 5) is 1.38. The van der Waals surface area contributed by atoms with Crippen molar-refractivity contribution in [2.24, 2.45) is 0 Å². The summed E-state index contributed by atoms with van der Waals surface area (Å²) >= 11 is 1.98. The van der Waals surface area contributed by atoms with E-state index in [1.807, 2.05) is 11.8 Å². The Hall–Kier alpha value is -0.993. The summed E-state index contributed by atoms with van der Waals surface area (Å²) in [5, 5.41) is 2.78. The van der Waals surface area contributed by atoms with E-state index in [-0.39, 0.29) is 0 Å². The Labute approximate surface area is 109 Å². The number of thioether (sulfide) groups is 1. The molecule has 0 N–H and O–H groups in total. The fraction of sp³-hybridized carbons (Fsp3) is 0.200. The number of hydrogen-bond acceptors (Lipinski definition) is 1. The Morgan fingerprint density at radius 1 is 0.824 bits per heavy atom. The Kier molecular flexibility index (Phi) is 4.08. The highest BCUT2D eigenvalue weighted by atomic mass is 32.2. The highest BCUT2D eigenvalue weighted by molar-refractivity contribution is 8.01. The topological polar surface area (TPSA) is 0 Å². The Morgan fingerprint density at radius 3 is 1.94 bits per heavy atom. The van der Waals surface area contributed by atoms with Crippen molar-refractivity contribution in [1.29, 1.82) is 0 Å². The van der Waals surface area contributed by atoms with Gasteiger partial charge in [-0.2, -0.15) is 0 Å². The fourth-order valence-electron chi connectivity index (χ4n) is 1.75. The van der Waals surface area contributed by atoms with Gasteiger partial charge in [0.15, 0.2) is 0 Å². The van der Waals surface area contributed by atoms with E-state index in [0.29, 0.717) is 0 Å². The predicted molar refractivity (Wildman–Crippen MR) is 80.7 cm³/mol. The molecule has 0 radical (unpaired) electrons. The van der Waals surface area contributed by atoms with E-state index < -0.39 is 8.07 Å². The zero-order valence-electron chi connectivity index (χ0n) is 10.4. The molecule has 0 nitrogen and oxygen atoms in total. The van der Waals surface area contributed by atoms with E-state index >= 15 is 0 Å². The van der Waals surface area contributed by atoms with Gasteiger partial charge in [0.1, 0.15) is 0 Å². The second kappa shape index (κ2) is 5.56. The lowest BCUT2D eigenvalue weighted by Gasteiger charge is -2.22. The van der Waals surface area contributed by atoms with E-state index in [2.05, 4.69) is 73.8 Å². The van der Waals surface area contributed by atoms with E-state index in [9.17, 15) is 0 Å². The predicted octanol–water partition coefficient (Wildman–Crippen LogP) is 3.93. The van der Waals surface area contributed by atoms with Crippen LogP contribution in [0.5, 0.6) is 0 Å². The molecule has 2 aromatic carbocycles. The molecule has 0 aliphatic heterocycles. The maximum atomic E-state index is 2.44. The van der Waals surface area contributed by atoms with Crippen LogP contribution < -0.4 is 5.19 Å². The molecule has 0 fully saturated rings. The lowest BCUT2D eigenvalue weighted by molar-refractivity contribution is 1.46. The lowest BCUT2D eigenvalue weighted by Crippen LogP contribution is -2.44. The third-order valence-corrected chi connectivity index (χ3v) is 8.86. The van der Waals surface area contributed by atoms with E-state index in [0.717, 1.165) is 0 Å². The van der Waals surface area contributed by atoms with Gasteiger partial charge in [0.05, 0.1) is 8.07 Å². The maximum Gasteiger partial charge on any atom is 0.0907 e. The van der Waals surface area contributed by atoms with Gasteiger partial charge in [-0.1, -0.05) is 66.8 Å². The van der Waals surface area contributed by atoms with Gasteiger partial charge in [0.2, 0.25) is 0 Å². The van der Waals surface area contributed by atoms with Crippen molar-refractivity contribution >= 4 is 25.0 Å². The van der Waals surface area contributed by atoms with Crippen molar-refractivity contribution in [3.8, 4) is 0 Å². The summed E-state index contributed by atoms with van der Waals surface area (Å²) in [6.07, 6.45) is 0. The van der Waals surface area contributed by atoms with Gasteiger partial charge in [0.25, 0.3) is 0 Å². The van der Waals surface area contributed by atoms with Crippen LogP contribution in [0.1, 0.15) is 0 Å². The van der Waals surface area contributed by atoms with Crippen LogP contribution in [0.2, 0.25) is 13.1 Å². The number of rotatable bonds is 4. The second-order valence-corrected chi connectivity index (χ2v) is 11.1. The summed E-state index contributed by atoms with van der Waals surface area (Å²) in [5.74, 6) is 0. The van der Waals surface area contributed by atoms with Gasteiger partial charge < -0.3 is 0 Å². The van der Waals surface area contributed by atoms with Crippen LogP contribution in [0.3, 0.4) is 0 Å². The van der Waals surface area contributed by atoms with Crippen molar-refractivity contribution in [2.75, 3.05) is 5.38 Å². The summed E-state index contributed by atoms with van der Waals surface area (Å²) in [6.45, 7) is 4.89. The second-order valence-electron chi connectivity index (χ2n) is 4.85. The smallest absolute Gasteiger partial charge is 0.0907 e. The van der Waals surface area contributed by atoms with Crippen molar-refractivity contribution in [2.45, 2.75) is 18.0 Å². The highest BCUT2D eigenvalue weighted by Gasteiger charge is 2.22. The lowest BCUT2D eigenvalue weighted by atomic mass is 10.4. The molecule has 0 unspecified atom stereocenters. The summed E-state index contributed by atoms with van der Waals surface area (Å²) < 4.78 is 0. The Balaban J connectivity index is 2.03. The molecule has 17 heavy (non-hydrogen) atoms. The monoisotopic (exact) mass is 258 g/mol. The molecule has 0 spiro atoms. The molecule has 0 atom stereocenters. The standard InChI is InChI=1S/C15H18SSi/c1-17(2,15-11-7-4-8-12-15)13-16-14-9-5-3-6-10-14/h3-12H,13H2,1-2H3. The third-order valence-electron chi connectivity index (χ3n) is 2.90. The summed E-state index contributed by atoms with van der Waals surface area (Å²) in [6, 6.07) is 21.6. The van der Waals surface area contributed by atoms with Crippen molar-refractivity contribution in [3.05, 3.63) is 60.7 Å². The SMILES string of the molecule is C[Si](C)(CSc1ccccc1)c1ccccc1. The van der Waals surface area contributed by atoms with Crippen LogP contribution in [0.25, 0.3) is 0 Å². The van der Waals surface area contributed by atoms with Gasteiger partial charge in [-0.3, -0.25) is 0 Å². The first-order valence-electron chi connectivity index (χ1n) is 5.92. The third kappa shape index (κ3) is 3.48. The first kappa shape index (κ1) is 12.5. The van der Waals surface area contributed by atoms with Gasteiger partial charge in [-0.25, -0.2) is 0 Å². The molecule has 0 bridgehead atoms. The van der Waals surface area contributed by atoms with Gasteiger partial charge >= 0.3 is 0 Å². The maximum absolute atomic E-state index is 2.44. The van der Waals surface area contributed by atoms with Crippen LogP contribution in [-0.4, -0.2) is 13.5 Å². The zero-order chi connectivity index (χ0) is 12.1. The summed E-state index contributed by atoms with van der Waals surface area (Å²) in [7, 11) is -1.30. The van der Waals surface area contributed by atoms with Gasteiger partial charge in [-0.05, 0) is 17.5 Å². The molecule has 0 aromatic heterocycles. The van der Waals surface area contributed by atoms with Crippen molar-refractivity contribution in [3.63, 3.8) is 0 Å². The fourth-order valence-corrected chi connectivity index (χ4v) is 5.97. The van der Waals surface area contributed by atoms with Crippen molar-refractivity contribution < 1.29 is 0 Å². The Morgan fingerprint density at radius 2 is 1.35 bits per heavy atom. The molecule has 0 aliphatic rings. The molecule has 2 rings (SSSR count). The molecular formula is C15H18SSi. The largest absolute Gasteiger partial charge is 0.129 e. The molecule has 0 heterocycles. The number of hydrogen-bond donors (Lipinski definition) is 0. The van der Waals surface area contributed by atoms with Crippen LogP contribution in [0.15, 0.2) is 65.6 Å². The minimum absolute atomic E-state index is 1.24. The minimum Gasteiger partial charge on any atom is -0.129 e. The van der Waals surface area contributed by atoms with Crippen LogP contribution in [0.4, 0.5) is 0 Å². The van der Waals surface area contributed by atoms with E-state index in [1.54, 1.807) is 5.19 Å². The van der Waals surface area contributed by atoms with E-state index in [4.69, 9.17) is 0 Å². The first-order valence-corrected chi connectivity index (χ1v) is 10.1. The highest BCUT2D eigenvalue weighted by Crippen LogP contribution is 2.21. The Bertz CT molecular complexity index is 451. The minimum atomic E-state index is -1.30. The van der Waals surface area contributed by atoms with Crippen LogP contribution in [0, 0.1) is 0 Å². The first-order chi connectivity index (χ1) is 8.18. The molecule has 0 amide bonds. The molecule has 0 saturated carbocycles. The van der Waals surface area contributed by atoms with Crippen LogP contribution >= 0.6 is 11.8 Å². The molecule has 2 heteroatoms. The van der Waals surface area contributed by atoms with Gasteiger partial charge in [-0.15, -0.1) is 11.8 Å². The molecule has 0 saturated heterocycles. The van der Waals surface area contributed by atoms with Gasteiger partial charge in [0, 0.05) is 4.90 Å². The number of benzene rings is 2. The average Bonchev–Trinajstić information content (AvgIpc) is 2.39. The molecule has 88 valence electrons. The average molecular weight is 258 g/mol. The molecular weight excluding hydrogens is 240 g/mol. The normalized spacial score (nSPS) is 11.4. The molecule has 0 aliphatic carbocycles. The zero-order valence-corrected chi connectivity index (χ0v) is 12.2. The van der Waals surface area contributed by atoms with E-state index in [1.165, 1.54) is 10.3 Å². The quantitative estimate of drug-likeness (QED) is 0.591. The molecule has 2 aromatic rings. The van der Waals surface area contributed by atoms with Crippen molar-refractivity contribution in [1.82, 2.24) is 0 Å².